The molecule has 2 saturated heterocycles. The lowest BCUT2D eigenvalue weighted by molar-refractivity contribution is 0.121. The first-order valence-electron chi connectivity index (χ1n) is 4.64. The molecule has 2 nitrogen and oxygen atoms in total. The van der Waals surface area contributed by atoms with Crippen LogP contribution >= 0.6 is 0 Å². The van der Waals surface area contributed by atoms with Crippen LogP contribution in [-0.4, -0.2) is 48.1 Å². The van der Waals surface area contributed by atoms with Gasteiger partial charge in [0.15, 0.2) is 0 Å². The van der Waals surface area contributed by atoms with Gasteiger partial charge in [-0.3, -0.25) is 4.90 Å². The zero-order valence-electron chi connectivity index (χ0n) is 7.75. The third-order valence-corrected chi connectivity index (χ3v) is 3.22. The monoisotopic (exact) mass is 154 g/mol. The van der Waals surface area contributed by atoms with E-state index >= 15 is 0 Å². The van der Waals surface area contributed by atoms with Crippen molar-refractivity contribution in [2.75, 3.05) is 20.1 Å². The molecule has 2 aliphatic rings. The van der Waals surface area contributed by atoms with Crippen molar-refractivity contribution in [1.82, 2.24) is 9.80 Å². The van der Waals surface area contributed by atoms with Gasteiger partial charge in [0.2, 0.25) is 0 Å². The van der Waals surface area contributed by atoms with Gasteiger partial charge in [-0.1, -0.05) is 0 Å². The quantitative estimate of drug-likeness (QED) is 0.551. The van der Waals surface area contributed by atoms with Crippen LogP contribution in [0.3, 0.4) is 0 Å². The number of hydrogen-bond donors (Lipinski definition) is 0. The maximum absolute atomic E-state index is 2.64. The average molecular weight is 154 g/mol. The number of piperazine rings is 1. The van der Waals surface area contributed by atoms with Gasteiger partial charge in [0.05, 0.1) is 0 Å². The molecule has 0 aliphatic carbocycles. The highest BCUT2D eigenvalue weighted by Gasteiger charge is 2.41. The molecular formula is C9H18N2. The van der Waals surface area contributed by atoms with E-state index in [0.29, 0.717) is 0 Å². The molecule has 0 aromatic rings. The van der Waals surface area contributed by atoms with Gasteiger partial charge < -0.3 is 4.90 Å². The normalized spacial score (nSPS) is 39.3. The van der Waals surface area contributed by atoms with Crippen LogP contribution < -0.4 is 0 Å². The van der Waals surface area contributed by atoms with Gasteiger partial charge in [-0.05, 0) is 27.3 Å². The molecule has 2 bridgehead atoms. The molecule has 2 heterocycles. The van der Waals surface area contributed by atoms with Crippen molar-refractivity contribution in [3.8, 4) is 0 Å². The topological polar surface area (TPSA) is 6.48 Å². The molecule has 2 fully saturated rings. The maximum atomic E-state index is 2.64. The lowest BCUT2D eigenvalue weighted by Gasteiger charge is -2.34. The lowest BCUT2D eigenvalue weighted by atomic mass is 10.2. The molecule has 2 unspecified atom stereocenters. The summed E-state index contributed by atoms with van der Waals surface area (Å²) in [7, 11) is 2.25. The predicted molar refractivity (Wildman–Crippen MR) is 46.7 cm³/mol. The van der Waals surface area contributed by atoms with Crippen LogP contribution in [-0.2, 0) is 0 Å². The zero-order valence-corrected chi connectivity index (χ0v) is 7.75. The van der Waals surface area contributed by atoms with E-state index in [-0.39, 0.29) is 0 Å². The van der Waals surface area contributed by atoms with Crippen molar-refractivity contribution in [2.45, 2.75) is 38.4 Å². The van der Waals surface area contributed by atoms with Gasteiger partial charge in [-0.15, -0.1) is 0 Å². The van der Waals surface area contributed by atoms with Crippen LogP contribution in [0.2, 0.25) is 0 Å². The van der Waals surface area contributed by atoms with E-state index in [4.69, 9.17) is 0 Å². The van der Waals surface area contributed by atoms with Gasteiger partial charge in [0.25, 0.3) is 0 Å². The first-order valence-corrected chi connectivity index (χ1v) is 4.64. The number of rotatable bonds is 1. The summed E-state index contributed by atoms with van der Waals surface area (Å²) in [6.45, 7) is 7.21. The van der Waals surface area contributed by atoms with Crippen LogP contribution in [0.5, 0.6) is 0 Å². The first kappa shape index (κ1) is 7.56. The number of likely N-dealkylation sites (N-methyl/N-ethyl adjacent to an activating group) is 1. The van der Waals surface area contributed by atoms with E-state index in [2.05, 4.69) is 30.7 Å². The fraction of sp³-hybridized carbons (Fsp3) is 1.00. The van der Waals surface area contributed by atoms with Crippen molar-refractivity contribution in [3.05, 3.63) is 0 Å². The molecule has 2 heteroatoms. The van der Waals surface area contributed by atoms with E-state index in [0.717, 1.165) is 18.1 Å². The van der Waals surface area contributed by atoms with Gasteiger partial charge in [0.1, 0.15) is 0 Å². The summed E-state index contributed by atoms with van der Waals surface area (Å²) in [5, 5.41) is 0. The second kappa shape index (κ2) is 2.46. The second-order valence-electron chi connectivity index (χ2n) is 4.27. The molecule has 0 radical (unpaired) electrons. The molecular weight excluding hydrogens is 136 g/mol. The fourth-order valence-electron chi connectivity index (χ4n) is 2.53. The first-order chi connectivity index (χ1) is 5.18. The van der Waals surface area contributed by atoms with Gasteiger partial charge in [0, 0.05) is 31.2 Å². The third kappa shape index (κ3) is 1.09. The Morgan fingerprint density at radius 3 is 2.27 bits per heavy atom. The number of fused-ring (bicyclic) bond motifs is 2. The van der Waals surface area contributed by atoms with Gasteiger partial charge >= 0.3 is 0 Å². The molecule has 0 N–H and O–H groups in total. The van der Waals surface area contributed by atoms with Gasteiger partial charge in [-0.2, -0.15) is 0 Å². The summed E-state index contributed by atoms with van der Waals surface area (Å²) in [6.07, 6.45) is 1.41. The summed E-state index contributed by atoms with van der Waals surface area (Å²) >= 11 is 0. The molecule has 0 amide bonds. The summed E-state index contributed by atoms with van der Waals surface area (Å²) < 4.78 is 0. The van der Waals surface area contributed by atoms with Crippen LogP contribution in [0.15, 0.2) is 0 Å². The highest BCUT2D eigenvalue weighted by Crippen LogP contribution is 2.30. The summed E-state index contributed by atoms with van der Waals surface area (Å²) in [5.74, 6) is 0. The highest BCUT2D eigenvalue weighted by molar-refractivity contribution is 4.99. The van der Waals surface area contributed by atoms with Crippen molar-refractivity contribution in [3.63, 3.8) is 0 Å². The molecule has 0 spiro atoms. The van der Waals surface area contributed by atoms with Crippen molar-refractivity contribution >= 4 is 0 Å². The molecule has 11 heavy (non-hydrogen) atoms. The van der Waals surface area contributed by atoms with Crippen molar-refractivity contribution < 1.29 is 0 Å². The SMILES string of the molecule is CC(C)N1CC2CC1CN2C. The Labute approximate surface area is 69.2 Å². The summed E-state index contributed by atoms with van der Waals surface area (Å²) in [6, 6.07) is 2.48. The van der Waals surface area contributed by atoms with Crippen LogP contribution in [0.4, 0.5) is 0 Å². The largest absolute Gasteiger partial charge is 0.301 e. The molecule has 0 aromatic carbocycles. The van der Waals surface area contributed by atoms with E-state index in [1.807, 2.05) is 0 Å². The Morgan fingerprint density at radius 1 is 1.18 bits per heavy atom. The fourth-order valence-corrected chi connectivity index (χ4v) is 2.53. The Hall–Kier alpha value is -0.0800. The Kier molecular flexibility index (Phi) is 1.69. The number of nitrogens with zero attached hydrogens (tertiary/aromatic N) is 2. The summed E-state index contributed by atoms with van der Waals surface area (Å²) in [5.41, 5.74) is 0. The smallest absolute Gasteiger partial charge is 0.0241 e. The number of hydrogen-bond acceptors (Lipinski definition) is 2. The van der Waals surface area contributed by atoms with E-state index < -0.39 is 0 Å². The van der Waals surface area contributed by atoms with E-state index in [1.165, 1.54) is 19.5 Å². The van der Waals surface area contributed by atoms with E-state index in [1.54, 1.807) is 0 Å². The molecule has 0 saturated carbocycles. The van der Waals surface area contributed by atoms with Crippen LogP contribution in [0, 0.1) is 0 Å². The van der Waals surface area contributed by atoms with Crippen LogP contribution in [0.1, 0.15) is 20.3 Å². The highest BCUT2D eigenvalue weighted by atomic mass is 15.3. The standard InChI is InChI=1S/C9H18N2/c1-7(2)11-6-8-4-9(11)5-10(8)3/h7-9H,4-6H2,1-3H3. The molecule has 64 valence electrons. The van der Waals surface area contributed by atoms with Crippen LogP contribution in [0.25, 0.3) is 0 Å². The van der Waals surface area contributed by atoms with E-state index in [9.17, 15) is 0 Å². The minimum atomic E-state index is 0.749. The summed E-state index contributed by atoms with van der Waals surface area (Å²) in [4.78, 5) is 5.15. The van der Waals surface area contributed by atoms with Crippen molar-refractivity contribution in [1.29, 1.82) is 0 Å². The number of likely N-dealkylation sites (tertiary alicyclic amines) is 2. The Morgan fingerprint density at radius 2 is 1.91 bits per heavy atom. The minimum absolute atomic E-state index is 0.749. The van der Waals surface area contributed by atoms with Crippen molar-refractivity contribution in [2.24, 2.45) is 0 Å². The third-order valence-electron chi connectivity index (χ3n) is 3.22. The average Bonchev–Trinajstić information content (AvgIpc) is 2.43. The molecule has 0 aromatic heterocycles. The maximum Gasteiger partial charge on any atom is 0.0241 e. The molecule has 2 atom stereocenters. The van der Waals surface area contributed by atoms with Gasteiger partial charge in [-0.25, -0.2) is 0 Å². The molecule has 2 aliphatic heterocycles. The predicted octanol–water partition coefficient (Wildman–Crippen LogP) is 0.783. The lowest BCUT2D eigenvalue weighted by Crippen LogP contribution is -2.47. The zero-order chi connectivity index (χ0) is 8.01. The molecule has 2 rings (SSSR count). The second-order valence-corrected chi connectivity index (χ2v) is 4.27. The Balaban J connectivity index is 2.02. The minimum Gasteiger partial charge on any atom is -0.301 e. The Bertz CT molecular complexity index is 154.